The SMILES string of the molecule is CC(C)N1CCCC(N2C(=O)OCC2CN)C1. The molecule has 5 nitrogen and oxygen atoms in total. The van der Waals surface area contributed by atoms with E-state index in [-0.39, 0.29) is 18.2 Å². The van der Waals surface area contributed by atoms with Gasteiger partial charge >= 0.3 is 6.09 Å². The van der Waals surface area contributed by atoms with Crippen molar-refractivity contribution in [3.05, 3.63) is 0 Å². The van der Waals surface area contributed by atoms with Gasteiger partial charge in [-0.25, -0.2) is 4.79 Å². The third-order valence-electron chi connectivity index (χ3n) is 3.83. The van der Waals surface area contributed by atoms with Crippen LogP contribution in [0, 0.1) is 0 Å². The fourth-order valence-corrected chi connectivity index (χ4v) is 2.78. The van der Waals surface area contributed by atoms with Gasteiger partial charge in [-0.2, -0.15) is 0 Å². The highest BCUT2D eigenvalue weighted by molar-refractivity contribution is 5.70. The van der Waals surface area contributed by atoms with Crippen molar-refractivity contribution in [3.8, 4) is 0 Å². The highest BCUT2D eigenvalue weighted by Crippen LogP contribution is 2.23. The average Bonchev–Trinajstić information content (AvgIpc) is 2.70. The molecule has 2 unspecified atom stereocenters. The van der Waals surface area contributed by atoms with Crippen molar-refractivity contribution in [2.75, 3.05) is 26.2 Å². The van der Waals surface area contributed by atoms with Gasteiger partial charge in [0.25, 0.3) is 0 Å². The molecule has 0 spiro atoms. The summed E-state index contributed by atoms with van der Waals surface area (Å²) in [4.78, 5) is 16.0. The first kappa shape index (κ1) is 12.6. The van der Waals surface area contributed by atoms with Gasteiger partial charge in [0.05, 0.1) is 6.04 Å². The Morgan fingerprint density at radius 1 is 1.53 bits per heavy atom. The predicted octanol–water partition coefficient (Wildman–Crippen LogP) is 0.639. The Labute approximate surface area is 103 Å². The molecule has 2 aliphatic heterocycles. The smallest absolute Gasteiger partial charge is 0.410 e. The lowest BCUT2D eigenvalue weighted by atomic mass is 10.0. The summed E-state index contributed by atoms with van der Waals surface area (Å²) < 4.78 is 5.11. The van der Waals surface area contributed by atoms with E-state index in [4.69, 9.17) is 10.5 Å². The number of carbonyl (C=O) groups is 1. The van der Waals surface area contributed by atoms with Crippen LogP contribution in [0.2, 0.25) is 0 Å². The van der Waals surface area contributed by atoms with Crippen LogP contribution in [-0.2, 0) is 4.74 Å². The van der Waals surface area contributed by atoms with E-state index in [0.717, 1.165) is 25.9 Å². The molecule has 0 aromatic heterocycles. The summed E-state index contributed by atoms with van der Waals surface area (Å²) in [5.41, 5.74) is 5.70. The number of amides is 1. The molecule has 2 rings (SSSR count). The zero-order valence-corrected chi connectivity index (χ0v) is 10.8. The minimum Gasteiger partial charge on any atom is -0.447 e. The lowest BCUT2D eigenvalue weighted by molar-refractivity contribution is 0.0849. The third-order valence-corrected chi connectivity index (χ3v) is 3.83. The van der Waals surface area contributed by atoms with Gasteiger partial charge in [0.2, 0.25) is 0 Å². The molecule has 2 fully saturated rings. The number of nitrogens with zero attached hydrogens (tertiary/aromatic N) is 2. The number of hydrogen-bond donors (Lipinski definition) is 1. The Balaban J connectivity index is 2.03. The highest BCUT2D eigenvalue weighted by atomic mass is 16.6. The molecule has 98 valence electrons. The normalized spacial score (nSPS) is 31.1. The van der Waals surface area contributed by atoms with Crippen LogP contribution in [0.25, 0.3) is 0 Å². The number of piperidine rings is 1. The Bertz CT molecular complexity index is 283. The molecular formula is C12H23N3O2. The fourth-order valence-electron chi connectivity index (χ4n) is 2.78. The number of nitrogens with two attached hydrogens (primary N) is 1. The molecule has 0 aliphatic carbocycles. The average molecular weight is 241 g/mol. The van der Waals surface area contributed by atoms with Gasteiger partial charge in [0.15, 0.2) is 0 Å². The first-order valence-corrected chi connectivity index (χ1v) is 6.52. The van der Waals surface area contributed by atoms with Crippen LogP contribution in [0.1, 0.15) is 26.7 Å². The van der Waals surface area contributed by atoms with Gasteiger partial charge in [-0.1, -0.05) is 0 Å². The van der Waals surface area contributed by atoms with Gasteiger partial charge in [-0.3, -0.25) is 9.80 Å². The van der Waals surface area contributed by atoms with Crippen LogP contribution >= 0.6 is 0 Å². The Morgan fingerprint density at radius 3 is 2.94 bits per heavy atom. The topological polar surface area (TPSA) is 58.8 Å². The summed E-state index contributed by atoms with van der Waals surface area (Å²) in [5, 5.41) is 0. The monoisotopic (exact) mass is 241 g/mol. The molecule has 2 aliphatic rings. The van der Waals surface area contributed by atoms with Gasteiger partial charge in [0, 0.05) is 25.2 Å². The van der Waals surface area contributed by atoms with E-state index in [1.165, 1.54) is 0 Å². The predicted molar refractivity (Wildman–Crippen MR) is 65.8 cm³/mol. The molecule has 0 aromatic carbocycles. The number of rotatable bonds is 3. The maximum atomic E-state index is 11.7. The van der Waals surface area contributed by atoms with Crippen LogP contribution in [0.3, 0.4) is 0 Å². The van der Waals surface area contributed by atoms with Crippen LogP contribution in [-0.4, -0.2) is 60.3 Å². The van der Waals surface area contributed by atoms with Crippen LogP contribution in [0.15, 0.2) is 0 Å². The molecule has 1 amide bonds. The van der Waals surface area contributed by atoms with Gasteiger partial charge in [-0.05, 0) is 33.2 Å². The van der Waals surface area contributed by atoms with Crippen molar-refractivity contribution in [3.63, 3.8) is 0 Å². The van der Waals surface area contributed by atoms with Gasteiger partial charge in [0.1, 0.15) is 6.61 Å². The lowest BCUT2D eigenvalue weighted by Crippen LogP contribution is -2.54. The molecule has 2 atom stereocenters. The lowest BCUT2D eigenvalue weighted by Gasteiger charge is -2.40. The minimum absolute atomic E-state index is 0.0691. The number of likely N-dealkylation sites (tertiary alicyclic amines) is 1. The first-order chi connectivity index (χ1) is 8.13. The summed E-state index contributed by atoms with van der Waals surface area (Å²) in [5.74, 6) is 0. The first-order valence-electron chi connectivity index (χ1n) is 6.52. The van der Waals surface area contributed by atoms with Crippen molar-refractivity contribution in [1.82, 2.24) is 9.80 Å². The van der Waals surface area contributed by atoms with Crippen molar-refractivity contribution in [2.24, 2.45) is 5.73 Å². The molecule has 0 bridgehead atoms. The summed E-state index contributed by atoms with van der Waals surface area (Å²) in [6.45, 7) is 7.42. The Kier molecular flexibility index (Phi) is 3.89. The number of carbonyl (C=O) groups excluding carboxylic acids is 1. The second-order valence-electron chi connectivity index (χ2n) is 5.26. The van der Waals surface area contributed by atoms with E-state index in [1.54, 1.807) is 0 Å². The van der Waals surface area contributed by atoms with Crippen molar-refractivity contribution >= 4 is 6.09 Å². The molecule has 0 aromatic rings. The molecule has 5 heteroatoms. The molecule has 0 saturated carbocycles. The van der Waals surface area contributed by atoms with E-state index in [9.17, 15) is 4.79 Å². The molecule has 17 heavy (non-hydrogen) atoms. The second kappa shape index (κ2) is 5.23. The van der Waals surface area contributed by atoms with E-state index in [2.05, 4.69) is 18.7 Å². The van der Waals surface area contributed by atoms with Crippen molar-refractivity contribution in [2.45, 2.75) is 44.8 Å². The zero-order valence-electron chi connectivity index (χ0n) is 10.8. The van der Waals surface area contributed by atoms with Gasteiger partial charge < -0.3 is 10.5 Å². The summed E-state index contributed by atoms with van der Waals surface area (Å²) in [6, 6.07) is 0.877. The quantitative estimate of drug-likeness (QED) is 0.787. The highest BCUT2D eigenvalue weighted by Gasteiger charge is 2.39. The maximum Gasteiger partial charge on any atom is 0.410 e. The van der Waals surface area contributed by atoms with E-state index in [0.29, 0.717) is 19.2 Å². The summed E-state index contributed by atoms with van der Waals surface area (Å²) in [6.07, 6.45) is 2.02. The minimum atomic E-state index is -0.184. The maximum absolute atomic E-state index is 11.7. The fraction of sp³-hybridized carbons (Fsp3) is 0.917. The number of cyclic esters (lactones) is 1. The molecule has 2 N–H and O–H groups in total. The summed E-state index contributed by atoms with van der Waals surface area (Å²) in [7, 11) is 0. The van der Waals surface area contributed by atoms with E-state index >= 15 is 0 Å². The largest absolute Gasteiger partial charge is 0.447 e. The number of ether oxygens (including phenoxy) is 1. The van der Waals surface area contributed by atoms with E-state index < -0.39 is 0 Å². The van der Waals surface area contributed by atoms with E-state index in [1.807, 2.05) is 4.90 Å². The zero-order chi connectivity index (χ0) is 12.4. The van der Waals surface area contributed by atoms with Crippen LogP contribution in [0.4, 0.5) is 4.79 Å². The molecule has 0 radical (unpaired) electrons. The second-order valence-corrected chi connectivity index (χ2v) is 5.26. The Hall–Kier alpha value is -0.810. The Morgan fingerprint density at radius 2 is 2.29 bits per heavy atom. The van der Waals surface area contributed by atoms with Crippen molar-refractivity contribution in [1.29, 1.82) is 0 Å². The van der Waals surface area contributed by atoms with Crippen LogP contribution in [0.5, 0.6) is 0 Å². The standard InChI is InChI=1S/C12H23N3O2/c1-9(2)14-5-3-4-10(7-14)15-11(6-13)8-17-12(15)16/h9-11H,3-8,13H2,1-2H3. The van der Waals surface area contributed by atoms with Gasteiger partial charge in [-0.15, -0.1) is 0 Å². The third kappa shape index (κ3) is 2.55. The molecule has 2 saturated heterocycles. The molecular weight excluding hydrogens is 218 g/mol. The number of hydrogen-bond acceptors (Lipinski definition) is 4. The summed E-state index contributed by atoms with van der Waals surface area (Å²) >= 11 is 0. The van der Waals surface area contributed by atoms with Crippen molar-refractivity contribution < 1.29 is 9.53 Å². The molecule has 2 heterocycles. The van der Waals surface area contributed by atoms with Crippen LogP contribution < -0.4 is 5.73 Å².